The first-order valence-corrected chi connectivity index (χ1v) is 17.0. The average molecular weight is 674 g/mol. The number of carbonyl (C=O) groups is 5. The summed E-state index contributed by atoms with van der Waals surface area (Å²) in [6.45, 7) is 6.94. The fraction of sp³-hybridized carbons (Fsp3) is 0.472. The van der Waals surface area contributed by atoms with Gasteiger partial charge in [-0.1, -0.05) is 68.5 Å². The summed E-state index contributed by atoms with van der Waals surface area (Å²) < 4.78 is 0. The van der Waals surface area contributed by atoms with Crippen LogP contribution in [0.15, 0.2) is 67.0 Å². The Labute approximate surface area is 286 Å². The lowest BCUT2D eigenvalue weighted by molar-refractivity contribution is -0.142. The molecule has 1 saturated carbocycles. The number of aliphatic hydroxyl groups is 1. The van der Waals surface area contributed by atoms with Gasteiger partial charge in [-0.2, -0.15) is 0 Å². The van der Waals surface area contributed by atoms with Gasteiger partial charge in [-0.3, -0.25) is 29.0 Å². The molecule has 2 aliphatic heterocycles. The first-order chi connectivity index (χ1) is 23.4. The molecule has 7 N–H and O–H groups in total. The number of nitrogens with zero attached hydrogens (tertiary/aromatic N) is 2. The average Bonchev–Trinajstić information content (AvgIpc) is 3.76. The normalized spacial score (nSPS) is 21.0. The van der Waals surface area contributed by atoms with E-state index >= 15 is 0 Å². The maximum absolute atomic E-state index is 14.7. The molecule has 0 aromatic heterocycles. The molecule has 262 valence electrons. The van der Waals surface area contributed by atoms with E-state index in [9.17, 15) is 29.1 Å². The molecule has 2 fully saturated rings. The van der Waals surface area contributed by atoms with Gasteiger partial charge in [0.15, 0.2) is 0 Å². The summed E-state index contributed by atoms with van der Waals surface area (Å²) in [5.41, 5.74) is 10.8. The number of amides is 4. The summed E-state index contributed by atoms with van der Waals surface area (Å²) in [4.78, 5) is 68.1. The monoisotopic (exact) mass is 673 g/mol. The topological polar surface area (TPSA) is 186 Å². The fourth-order valence-corrected chi connectivity index (χ4v) is 7.14. The summed E-state index contributed by atoms with van der Waals surface area (Å²) in [6, 6.07) is 9.37. The molecule has 3 aliphatic rings. The van der Waals surface area contributed by atoms with E-state index in [0.29, 0.717) is 17.7 Å². The highest BCUT2D eigenvalue weighted by Gasteiger charge is 2.47. The molecule has 0 radical (unpaired) electrons. The van der Waals surface area contributed by atoms with Crippen LogP contribution in [0.2, 0.25) is 0 Å². The molecular formula is C36H47N7O6. The Bertz CT molecular complexity index is 1630. The lowest BCUT2D eigenvalue weighted by Crippen LogP contribution is -2.56. The molecule has 5 rings (SSSR count). The van der Waals surface area contributed by atoms with Crippen molar-refractivity contribution < 1.29 is 29.1 Å². The Hall–Kier alpha value is -4.75. The van der Waals surface area contributed by atoms with E-state index in [1.54, 1.807) is 37.2 Å². The molecule has 49 heavy (non-hydrogen) atoms. The highest BCUT2D eigenvalue weighted by atomic mass is 16.3. The van der Waals surface area contributed by atoms with Gasteiger partial charge >= 0.3 is 0 Å². The predicted octanol–water partition coefficient (Wildman–Crippen LogP) is 1.93. The number of nitrogens with one attached hydrogen (secondary N) is 4. The van der Waals surface area contributed by atoms with Gasteiger partial charge in [-0.05, 0) is 55.5 Å². The fourth-order valence-electron chi connectivity index (χ4n) is 7.14. The maximum atomic E-state index is 14.7. The van der Waals surface area contributed by atoms with Crippen molar-refractivity contribution in [1.29, 1.82) is 0 Å². The standard InChI is InChI=1S/C36H47N7O6/c1-4-10-27(31(44)32(37)45)39-34(47)29-19-26(43-30(20-38-41-43)36(2,3)49)21-42(29)35(48)28(17-22-11-6-5-7-12-22)40-33(46)25-16-15-23-13-8-9-14-24(23)18-25/h4,8-9,13-16,18,20,22,26-29,38,41,49H,1,5-7,10-12,17,19,21H2,2-3H3,(H2,37,45)(H,39,47)(H,40,46)/t26-,27?,28+,29-/m0/s1. The SMILES string of the molecule is C=CCC(NC(=O)[C@@H]1C[C@H](N2NNC=C2C(C)(C)O)CN1C(=O)[C@@H](CC1CCCCC1)NC(=O)c1ccc2ccccc2c1)C(=O)C(N)=O. The molecule has 0 spiro atoms. The highest BCUT2D eigenvalue weighted by Crippen LogP contribution is 2.32. The van der Waals surface area contributed by atoms with E-state index in [4.69, 9.17) is 5.73 Å². The number of hydrazine groups is 2. The molecule has 1 unspecified atom stereocenters. The second-order valence-electron chi connectivity index (χ2n) is 13.8. The summed E-state index contributed by atoms with van der Waals surface area (Å²) in [7, 11) is 0. The van der Waals surface area contributed by atoms with Crippen LogP contribution in [0.5, 0.6) is 0 Å². The summed E-state index contributed by atoms with van der Waals surface area (Å²) in [6.07, 6.45) is 8.58. The quantitative estimate of drug-likeness (QED) is 0.137. The third-order valence-electron chi connectivity index (χ3n) is 9.70. The minimum Gasteiger partial charge on any atom is -0.384 e. The van der Waals surface area contributed by atoms with Crippen LogP contribution in [0.4, 0.5) is 0 Å². The Morgan fingerprint density at radius 1 is 1.04 bits per heavy atom. The molecule has 2 aromatic carbocycles. The molecule has 1 saturated heterocycles. The number of primary amides is 1. The number of hydrogen-bond donors (Lipinski definition) is 6. The Kier molecular flexibility index (Phi) is 11.0. The zero-order chi connectivity index (χ0) is 35.3. The third-order valence-corrected chi connectivity index (χ3v) is 9.70. The van der Waals surface area contributed by atoms with E-state index in [-0.39, 0.29) is 25.3 Å². The summed E-state index contributed by atoms with van der Waals surface area (Å²) in [5, 5.41) is 20.0. The number of Topliss-reactive ketones (excluding diaryl/α,β-unsaturated/α-hetero) is 1. The minimum atomic E-state index is -1.26. The van der Waals surface area contributed by atoms with Gasteiger partial charge < -0.3 is 31.8 Å². The van der Waals surface area contributed by atoms with Gasteiger partial charge in [0.1, 0.15) is 23.7 Å². The first kappa shape index (κ1) is 35.6. The number of benzene rings is 2. The van der Waals surface area contributed by atoms with E-state index < -0.39 is 59.2 Å². The van der Waals surface area contributed by atoms with Gasteiger partial charge in [-0.15, -0.1) is 12.1 Å². The highest BCUT2D eigenvalue weighted by molar-refractivity contribution is 6.37. The van der Waals surface area contributed by atoms with E-state index in [0.717, 1.165) is 42.9 Å². The second kappa shape index (κ2) is 15.2. The van der Waals surface area contributed by atoms with Gasteiger partial charge in [0.2, 0.25) is 17.6 Å². The van der Waals surface area contributed by atoms with Crippen LogP contribution in [0.25, 0.3) is 10.8 Å². The van der Waals surface area contributed by atoms with Crippen molar-refractivity contribution in [2.75, 3.05) is 6.54 Å². The number of likely N-dealkylation sites (tertiary alicyclic amines) is 1. The van der Waals surface area contributed by atoms with Crippen LogP contribution >= 0.6 is 0 Å². The molecule has 13 heteroatoms. The summed E-state index contributed by atoms with van der Waals surface area (Å²) in [5.74, 6) is -3.42. The Morgan fingerprint density at radius 3 is 2.43 bits per heavy atom. The number of fused-ring (bicyclic) bond motifs is 1. The van der Waals surface area contributed by atoms with E-state index in [2.05, 4.69) is 28.2 Å². The van der Waals surface area contributed by atoms with Crippen LogP contribution < -0.4 is 27.3 Å². The van der Waals surface area contributed by atoms with Crippen LogP contribution in [0.1, 0.15) is 75.6 Å². The van der Waals surface area contributed by atoms with Gasteiger partial charge in [0.05, 0.1) is 11.7 Å². The van der Waals surface area contributed by atoms with Gasteiger partial charge in [0, 0.05) is 24.7 Å². The third kappa shape index (κ3) is 8.28. The number of ketones is 1. The van der Waals surface area contributed by atoms with Crippen molar-refractivity contribution in [2.24, 2.45) is 11.7 Å². The lowest BCUT2D eigenvalue weighted by atomic mass is 9.84. The van der Waals surface area contributed by atoms with Crippen LogP contribution in [0.3, 0.4) is 0 Å². The molecule has 4 atom stereocenters. The van der Waals surface area contributed by atoms with Crippen molar-refractivity contribution in [3.05, 3.63) is 72.6 Å². The maximum Gasteiger partial charge on any atom is 0.287 e. The molecular weight excluding hydrogens is 626 g/mol. The number of nitrogens with two attached hydrogens (primary N) is 1. The summed E-state index contributed by atoms with van der Waals surface area (Å²) >= 11 is 0. The predicted molar refractivity (Wildman–Crippen MR) is 184 cm³/mol. The minimum absolute atomic E-state index is 0.0348. The smallest absolute Gasteiger partial charge is 0.287 e. The Balaban J connectivity index is 1.45. The van der Waals surface area contributed by atoms with Crippen molar-refractivity contribution in [1.82, 2.24) is 31.5 Å². The lowest BCUT2D eigenvalue weighted by Gasteiger charge is -2.34. The van der Waals surface area contributed by atoms with Crippen LogP contribution in [-0.4, -0.2) is 80.7 Å². The molecule has 4 amide bonds. The van der Waals surface area contributed by atoms with Gasteiger partial charge in [-0.25, -0.2) is 0 Å². The molecule has 1 aliphatic carbocycles. The van der Waals surface area contributed by atoms with Crippen LogP contribution in [0, 0.1) is 5.92 Å². The van der Waals surface area contributed by atoms with Crippen LogP contribution in [-0.2, 0) is 19.2 Å². The first-order valence-electron chi connectivity index (χ1n) is 17.0. The number of carbonyl (C=O) groups excluding carboxylic acids is 5. The van der Waals surface area contributed by atoms with Crippen molar-refractivity contribution >= 4 is 40.2 Å². The second-order valence-corrected chi connectivity index (χ2v) is 13.8. The van der Waals surface area contributed by atoms with Crippen molar-refractivity contribution in [2.45, 2.75) is 95.0 Å². The van der Waals surface area contributed by atoms with Crippen molar-refractivity contribution in [3.8, 4) is 0 Å². The molecule has 2 aromatic rings. The van der Waals surface area contributed by atoms with Crippen molar-refractivity contribution in [3.63, 3.8) is 0 Å². The zero-order valence-corrected chi connectivity index (χ0v) is 28.1. The Morgan fingerprint density at radius 2 is 1.76 bits per heavy atom. The zero-order valence-electron chi connectivity index (χ0n) is 28.1. The number of hydrogen-bond acceptors (Lipinski definition) is 9. The van der Waals surface area contributed by atoms with E-state index in [1.165, 1.54) is 11.0 Å². The molecule has 13 nitrogen and oxygen atoms in total. The number of rotatable bonds is 13. The molecule has 2 heterocycles. The largest absolute Gasteiger partial charge is 0.384 e. The van der Waals surface area contributed by atoms with Gasteiger partial charge in [0.25, 0.3) is 11.8 Å². The molecule has 0 bridgehead atoms. The van der Waals surface area contributed by atoms with E-state index in [1.807, 2.05) is 30.3 Å².